The highest BCUT2D eigenvalue weighted by molar-refractivity contribution is 6.02. The van der Waals surface area contributed by atoms with Crippen LogP contribution in [0.1, 0.15) is 12.1 Å². The summed E-state index contributed by atoms with van der Waals surface area (Å²) in [6.45, 7) is 6.60. The Morgan fingerprint density at radius 1 is 1.10 bits per heavy atom. The number of hydrogen-bond donors (Lipinski definition) is 2. The Balaban J connectivity index is 1.54. The summed E-state index contributed by atoms with van der Waals surface area (Å²) in [6, 6.07) is 11.2. The molecule has 2 aromatic carbocycles. The van der Waals surface area contributed by atoms with E-state index in [1.54, 1.807) is 43.5 Å². The maximum Gasteiger partial charge on any atom is 0.322 e. The second-order valence-electron chi connectivity index (χ2n) is 9.85. The third kappa shape index (κ3) is 6.50. The quantitative estimate of drug-likeness (QED) is 0.255. The Labute approximate surface area is 241 Å². The van der Waals surface area contributed by atoms with Crippen LogP contribution in [0.3, 0.4) is 0 Å². The highest BCUT2D eigenvalue weighted by atomic mass is 19.1. The fourth-order valence-electron chi connectivity index (χ4n) is 4.59. The van der Waals surface area contributed by atoms with E-state index in [0.29, 0.717) is 45.5 Å². The molecule has 4 aromatic rings. The van der Waals surface area contributed by atoms with E-state index in [2.05, 4.69) is 37.1 Å². The number of rotatable bonds is 9. The summed E-state index contributed by atoms with van der Waals surface area (Å²) >= 11 is 0. The smallest absolute Gasteiger partial charge is 0.322 e. The Hall–Kier alpha value is -4.97. The average molecular weight is 574 g/mol. The number of anilines is 2. The predicted molar refractivity (Wildman–Crippen MR) is 155 cm³/mol. The minimum atomic E-state index is -1.12. The van der Waals surface area contributed by atoms with Crippen LogP contribution in [0.5, 0.6) is 17.5 Å². The molecule has 3 heterocycles. The highest BCUT2D eigenvalue weighted by Gasteiger charge is 2.22. The summed E-state index contributed by atoms with van der Waals surface area (Å²) < 4.78 is 39.7. The Kier molecular flexibility index (Phi) is 8.34. The number of likely N-dealkylation sites (N-methyl/N-ethyl adjacent to an activating group) is 1. The van der Waals surface area contributed by atoms with E-state index in [0.717, 1.165) is 19.5 Å². The third-order valence-electron chi connectivity index (χ3n) is 6.69. The second kappa shape index (κ2) is 12.3. The first kappa shape index (κ1) is 28.6. The van der Waals surface area contributed by atoms with Gasteiger partial charge in [0.2, 0.25) is 5.95 Å². The minimum Gasteiger partial charge on any atom is -0.496 e. The molecule has 1 fully saturated rings. The maximum absolute atomic E-state index is 15.3. The molecule has 0 bridgehead atoms. The number of nitrogens with zero attached hydrogens (tertiary/aromatic N) is 5. The summed E-state index contributed by atoms with van der Waals surface area (Å²) in [5.41, 5.74) is 3.00. The lowest BCUT2D eigenvalue weighted by Gasteiger charge is -2.17. The van der Waals surface area contributed by atoms with Crippen molar-refractivity contribution in [1.29, 1.82) is 0 Å². The number of likely N-dealkylation sites (tertiary alicyclic amines) is 1. The lowest BCUT2D eigenvalue weighted by atomic mass is 9.99. The van der Waals surface area contributed by atoms with Crippen LogP contribution in [0.4, 0.5) is 20.4 Å². The van der Waals surface area contributed by atoms with Gasteiger partial charge in [-0.3, -0.25) is 4.79 Å². The zero-order valence-electron chi connectivity index (χ0n) is 23.3. The number of halogens is 2. The van der Waals surface area contributed by atoms with Gasteiger partial charge in [0, 0.05) is 53.6 Å². The normalized spacial score (nSPS) is 14.8. The topological polar surface area (TPSA) is 114 Å². The molecule has 2 aromatic heterocycles. The number of aromatic nitrogens is 4. The first-order chi connectivity index (χ1) is 20.2. The molecule has 1 aliphatic heterocycles. The van der Waals surface area contributed by atoms with Gasteiger partial charge in [-0.2, -0.15) is 0 Å². The van der Waals surface area contributed by atoms with Crippen molar-refractivity contribution in [2.45, 2.75) is 19.4 Å². The standard InChI is InChI=1S/C30H29F2N7O3/c1-17-9-11-33-30(35-17)42-25-8-5-19(13-24(25)32)23-15-34-29(37-21-10-12-39(3)16-21)38-27(23)22-7-6-20(14-26(22)41-4)36-28(40)18(2)31/h5-9,11,13-15,21H,2,10,12,16H2,1,3-4H3,(H,36,40)(H,34,37,38). The molecule has 2 N–H and O–H groups in total. The molecule has 5 rings (SSSR count). The van der Waals surface area contributed by atoms with Gasteiger partial charge in [0.05, 0.1) is 12.8 Å². The first-order valence-corrected chi connectivity index (χ1v) is 13.1. The van der Waals surface area contributed by atoms with Crippen LogP contribution >= 0.6 is 0 Å². The second-order valence-corrected chi connectivity index (χ2v) is 9.85. The van der Waals surface area contributed by atoms with Crippen LogP contribution in [0, 0.1) is 12.7 Å². The molecule has 0 aliphatic carbocycles. The lowest BCUT2D eigenvalue weighted by Crippen LogP contribution is -2.24. The number of carbonyl (C=O) groups excluding carboxylic acids is 1. The Morgan fingerprint density at radius 3 is 2.62 bits per heavy atom. The van der Waals surface area contributed by atoms with Crippen molar-refractivity contribution < 1.29 is 23.0 Å². The minimum absolute atomic E-state index is 0.0342. The summed E-state index contributed by atoms with van der Waals surface area (Å²) in [4.78, 5) is 31.5. The van der Waals surface area contributed by atoms with Crippen molar-refractivity contribution in [2.75, 3.05) is 37.9 Å². The predicted octanol–water partition coefficient (Wildman–Crippen LogP) is 5.39. The molecule has 0 saturated carbocycles. The fraction of sp³-hybridized carbons (Fsp3) is 0.233. The van der Waals surface area contributed by atoms with Crippen molar-refractivity contribution >= 4 is 17.5 Å². The van der Waals surface area contributed by atoms with Gasteiger partial charge in [-0.05, 0) is 62.8 Å². The molecule has 10 nitrogen and oxygen atoms in total. The van der Waals surface area contributed by atoms with Crippen LogP contribution in [0.2, 0.25) is 0 Å². The maximum atomic E-state index is 15.3. The van der Waals surface area contributed by atoms with E-state index in [4.69, 9.17) is 14.5 Å². The van der Waals surface area contributed by atoms with Gasteiger partial charge in [0.1, 0.15) is 5.75 Å². The number of aryl methyl sites for hydroxylation is 1. The fourth-order valence-corrected chi connectivity index (χ4v) is 4.59. The zero-order chi connectivity index (χ0) is 29.8. The number of methoxy groups -OCH3 is 1. The van der Waals surface area contributed by atoms with Crippen molar-refractivity contribution in [3.63, 3.8) is 0 Å². The molecule has 1 saturated heterocycles. The van der Waals surface area contributed by atoms with Gasteiger partial charge in [-0.15, -0.1) is 0 Å². The first-order valence-electron chi connectivity index (χ1n) is 13.1. The lowest BCUT2D eigenvalue weighted by molar-refractivity contribution is -0.114. The van der Waals surface area contributed by atoms with Gasteiger partial charge >= 0.3 is 6.01 Å². The number of carbonyl (C=O) groups is 1. The molecule has 1 unspecified atom stereocenters. The molecule has 1 aliphatic rings. The number of benzene rings is 2. The van der Waals surface area contributed by atoms with Crippen LogP contribution < -0.4 is 20.1 Å². The summed E-state index contributed by atoms with van der Waals surface area (Å²) in [6.07, 6.45) is 4.08. The van der Waals surface area contributed by atoms with Crippen molar-refractivity contribution in [3.05, 3.63) is 78.8 Å². The average Bonchev–Trinajstić information content (AvgIpc) is 3.38. The van der Waals surface area contributed by atoms with Gasteiger partial charge in [-0.25, -0.2) is 28.7 Å². The molecular formula is C30H29F2N7O3. The largest absolute Gasteiger partial charge is 0.496 e. The Bertz CT molecular complexity index is 1650. The van der Waals surface area contributed by atoms with Crippen LogP contribution in [0.25, 0.3) is 22.4 Å². The van der Waals surface area contributed by atoms with E-state index in [1.807, 2.05) is 7.05 Å². The van der Waals surface area contributed by atoms with Gasteiger partial charge in [0.25, 0.3) is 5.91 Å². The third-order valence-corrected chi connectivity index (χ3v) is 6.69. The molecule has 0 radical (unpaired) electrons. The van der Waals surface area contributed by atoms with E-state index < -0.39 is 17.6 Å². The van der Waals surface area contributed by atoms with Crippen molar-refractivity contribution in [1.82, 2.24) is 24.8 Å². The molecule has 0 spiro atoms. The Morgan fingerprint density at radius 2 is 1.93 bits per heavy atom. The van der Waals surface area contributed by atoms with Gasteiger partial charge in [0.15, 0.2) is 17.4 Å². The summed E-state index contributed by atoms with van der Waals surface area (Å²) in [5.74, 6) is -2.00. The van der Waals surface area contributed by atoms with Crippen molar-refractivity contribution in [3.8, 4) is 39.9 Å². The van der Waals surface area contributed by atoms with Gasteiger partial charge in [-0.1, -0.05) is 12.6 Å². The van der Waals surface area contributed by atoms with Crippen LogP contribution in [-0.2, 0) is 4.79 Å². The van der Waals surface area contributed by atoms with E-state index in [1.165, 1.54) is 25.4 Å². The zero-order valence-corrected chi connectivity index (χ0v) is 23.3. The summed E-state index contributed by atoms with van der Waals surface area (Å²) in [7, 11) is 3.51. The molecule has 1 atom stereocenters. The number of nitrogens with one attached hydrogen (secondary N) is 2. The molecule has 42 heavy (non-hydrogen) atoms. The van der Waals surface area contributed by atoms with Crippen molar-refractivity contribution in [2.24, 2.45) is 0 Å². The van der Waals surface area contributed by atoms with Crippen LogP contribution in [0.15, 0.2) is 67.3 Å². The van der Waals surface area contributed by atoms with E-state index >= 15 is 4.39 Å². The van der Waals surface area contributed by atoms with Crippen LogP contribution in [-0.4, -0.2) is 64.0 Å². The monoisotopic (exact) mass is 573 g/mol. The number of ether oxygens (including phenoxy) is 2. The van der Waals surface area contributed by atoms with E-state index in [-0.39, 0.29) is 17.8 Å². The van der Waals surface area contributed by atoms with Gasteiger partial charge < -0.3 is 25.0 Å². The number of hydrogen-bond acceptors (Lipinski definition) is 9. The van der Waals surface area contributed by atoms with E-state index in [9.17, 15) is 9.18 Å². The highest BCUT2D eigenvalue weighted by Crippen LogP contribution is 2.39. The SMILES string of the molecule is C=C(F)C(=O)Nc1ccc(-c2nc(NC3CCN(C)C3)ncc2-c2ccc(Oc3nccc(C)n3)c(F)c2)c(OC)c1. The molecule has 1 amide bonds. The summed E-state index contributed by atoms with van der Waals surface area (Å²) in [5, 5.41) is 5.80. The molecular weight excluding hydrogens is 544 g/mol. The molecule has 216 valence electrons. The molecule has 12 heteroatoms. The number of amides is 1.